The van der Waals surface area contributed by atoms with Gasteiger partial charge in [-0.25, -0.2) is 0 Å². The van der Waals surface area contributed by atoms with Crippen LogP contribution in [0, 0.1) is 34.5 Å². The number of rotatable bonds is 6. The van der Waals surface area contributed by atoms with Gasteiger partial charge in [0.2, 0.25) is 5.78 Å². The molecule has 4 aliphatic rings. The molecule has 1 N–H and O–H groups in total. The van der Waals surface area contributed by atoms with Crippen LogP contribution in [-0.4, -0.2) is 46.9 Å². The lowest BCUT2D eigenvalue weighted by Gasteiger charge is -2.62. The standard InChI is InChI=1S/C28H40O7/c1-6-7-24(33)35-28(23(32)15-34-17(3)29)11-9-20-19-12-16(2)21-13-18(30)8-10-26(21,4)25(19)22(31)14-27(20,28)5/h13,16,19-20,22,25,31H,6-12,14-15H2,1-5H3/t16-,19-,20-,22+,25+,26-,27-,28-/m0/s1. The zero-order chi connectivity index (χ0) is 25.8. The van der Waals surface area contributed by atoms with E-state index < -0.39 is 41.4 Å². The number of Topliss-reactive ketones (excluding diaryl/α,β-unsaturated/α-hetero) is 1. The van der Waals surface area contributed by atoms with Gasteiger partial charge in [0.1, 0.15) is 0 Å². The first-order valence-corrected chi connectivity index (χ1v) is 13.2. The summed E-state index contributed by atoms with van der Waals surface area (Å²) in [5.74, 6) is -0.814. The fourth-order valence-electron chi connectivity index (χ4n) is 8.52. The number of aliphatic hydroxyl groups excluding tert-OH is 1. The number of carbonyl (C=O) groups excluding carboxylic acids is 4. The smallest absolute Gasteiger partial charge is 0.306 e. The molecule has 8 atom stereocenters. The fourth-order valence-corrected chi connectivity index (χ4v) is 8.52. The Kier molecular flexibility index (Phi) is 6.80. The molecule has 4 rings (SSSR count). The number of allylic oxidation sites excluding steroid dienone is 1. The summed E-state index contributed by atoms with van der Waals surface area (Å²) in [5, 5.41) is 11.7. The van der Waals surface area contributed by atoms with E-state index in [1.54, 1.807) is 0 Å². The average molecular weight is 489 g/mol. The van der Waals surface area contributed by atoms with Crippen molar-refractivity contribution in [2.24, 2.45) is 34.5 Å². The Balaban J connectivity index is 1.74. The fraction of sp³-hybridized carbons (Fsp3) is 0.786. The number of carbonyl (C=O) groups is 4. The molecule has 4 aliphatic carbocycles. The van der Waals surface area contributed by atoms with Crippen molar-refractivity contribution in [1.29, 1.82) is 0 Å². The molecule has 0 saturated heterocycles. The van der Waals surface area contributed by atoms with E-state index in [0.717, 1.165) is 18.4 Å². The molecular formula is C28H40O7. The maximum atomic E-state index is 13.6. The van der Waals surface area contributed by atoms with Crippen molar-refractivity contribution in [1.82, 2.24) is 0 Å². The summed E-state index contributed by atoms with van der Waals surface area (Å²) in [5.41, 5.74) is -1.30. The molecule has 0 bridgehead atoms. The highest BCUT2D eigenvalue weighted by molar-refractivity contribution is 5.93. The van der Waals surface area contributed by atoms with Crippen molar-refractivity contribution >= 4 is 23.5 Å². The van der Waals surface area contributed by atoms with Gasteiger partial charge in [-0.3, -0.25) is 19.2 Å². The summed E-state index contributed by atoms with van der Waals surface area (Å²) < 4.78 is 11.1. The van der Waals surface area contributed by atoms with Gasteiger partial charge in [-0.05, 0) is 73.7 Å². The largest absolute Gasteiger partial charge is 0.458 e. The second kappa shape index (κ2) is 9.13. The Morgan fingerprint density at radius 3 is 2.57 bits per heavy atom. The normalized spacial score (nSPS) is 42.3. The molecule has 3 fully saturated rings. The van der Waals surface area contributed by atoms with Crippen molar-refractivity contribution in [2.75, 3.05) is 6.61 Å². The number of ketones is 2. The van der Waals surface area contributed by atoms with E-state index >= 15 is 0 Å². The van der Waals surface area contributed by atoms with Gasteiger partial charge in [-0.1, -0.05) is 33.3 Å². The molecule has 0 spiro atoms. The molecule has 0 aromatic rings. The van der Waals surface area contributed by atoms with Crippen molar-refractivity contribution in [3.05, 3.63) is 11.6 Å². The van der Waals surface area contributed by atoms with Crippen LogP contribution in [0.15, 0.2) is 11.6 Å². The lowest BCUT2D eigenvalue weighted by atomic mass is 9.44. The average Bonchev–Trinajstić information content (AvgIpc) is 3.05. The van der Waals surface area contributed by atoms with E-state index in [4.69, 9.17) is 9.47 Å². The Morgan fingerprint density at radius 1 is 1.20 bits per heavy atom. The summed E-state index contributed by atoms with van der Waals surface area (Å²) in [6, 6.07) is 0. The van der Waals surface area contributed by atoms with Crippen LogP contribution < -0.4 is 0 Å². The number of esters is 2. The van der Waals surface area contributed by atoms with Crippen LogP contribution in [0.1, 0.15) is 86.0 Å². The highest BCUT2D eigenvalue weighted by Crippen LogP contribution is 2.69. The number of hydrogen-bond donors (Lipinski definition) is 1. The van der Waals surface area contributed by atoms with Gasteiger partial charge in [0, 0.05) is 25.2 Å². The van der Waals surface area contributed by atoms with Gasteiger partial charge in [-0.2, -0.15) is 0 Å². The highest BCUT2D eigenvalue weighted by Gasteiger charge is 2.71. The number of hydrogen-bond acceptors (Lipinski definition) is 7. The molecule has 0 aromatic heterocycles. The quantitative estimate of drug-likeness (QED) is 0.564. The Morgan fingerprint density at radius 2 is 1.91 bits per heavy atom. The SMILES string of the molecule is CCCC(=O)O[C@]1(C(=O)COC(C)=O)CC[C@H]2[C@@H]3C[C@H](C)C4=CC(=O)CC[C@]4(C)[C@H]3[C@H](O)C[C@@]21C. The molecule has 7 heteroatoms. The van der Waals surface area contributed by atoms with Crippen LogP contribution in [0.5, 0.6) is 0 Å². The Labute approximate surface area is 208 Å². The van der Waals surface area contributed by atoms with E-state index in [9.17, 15) is 24.3 Å². The van der Waals surface area contributed by atoms with Crippen molar-refractivity contribution in [2.45, 2.75) is 97.7 Å². The summed E-state index contributed by atoms with van der Waals surface area (Å²) in [7, 11) is 0. The minimum atomic E-state index is -1.42. The first kappa shape index (κ1) is 26.1. The van der Waals surface area contributed by atoms with Gasteiger partial charge in [0.25, 0.3) is 0 Å². The van der Waals surface area contributed by atoms with Crippen LogP contribution in [-0.2, 0) is 28.7 Å². The van der Waals surface area contributed by atoms with Crippen LogP contribution in [0.2, 0.25) is 0 Å². The van der Waals surface area contributed by atoms with Crippen molar-refractivity contribution < 1.29 is 33.8 Å². The van der Waals surface area contributed by atoms with Crippen LogP contribution in [0.25, 0.3) is 0 Å². The molecular weight excluding hydrogens is 448 g/mol. The predicted molar refractivity (Wildman–Crippen MR) is 128 cm³/mol. The van der Waals surface area contributed by atoms with Crippen LogP contribution >= 0.6 is 0 Å². The van der Waals surface area contributed by atoms with E-state index in [0.29, 0.717) is 32.1 Å². The Bertz CT molecular complexity index is 953. The van der Waals surface area contributed by atoms with Gasteiger partial charge in [0.15, 0.2) is 18.0 Å². The zero-order valence-corrected chi connectivity index (χ0v) is 21.7. The molecule has 7 nitrogen and oxygen atoms in total. The summed E-state index contributed by atoms with van der Waals surface area (Å²) in [6.45, 7) is 9.03. The van der Waals surface area contributed by atoms with E-state index in [1.165, 1.54) is 6.92 Å². The molecule has 0 aliphatic heterocycles. The number of aliphatic hydroxyl groups is 1. The van der Waals surface area contributed by atoms with Gasteiger partial charge in [-0.15, -0.1) is 0 Å². The van der Waals surface area contributed by atoms with Crippen molar-refractivity contribution in [3.63, 3.8) is 0 Å². The van der Waals surface area contributed by atoms with Gasteiger partial charge in [0.05, 0.1) is 6.10 Å². The maximum absolute atomic E-state index is 13.6. The molecule has 0 unspecified atom stereocenters. The third-order valence-electron chi connectivity index (χ3n) is 9.93. The third-order valence-corrected chi connectivity index (χ3v) is 9.93. The molecule has 3 saturated carbocycles. The molecule has 0 radical (unpaired) electrons. The minimum absolute atomic E-state index is 0.0122. The van der Waals surface area contributed by atoms with Crippen molar-refractivity contribution in [3.8, 4) is 0 Å². The number of fused-ring (bicyclic) bond motifs is 5. The lowest BCUT2D eigenvalue weighted by molar-refractivity contribution is -0.204. The summed E-state index contributed by atoms with van der Waals surface area (Å²) >= 11 is 0. The molecule has 0 aromatic carbocycles. The molecule has 0 heterocycles. The second-order valence-electron chi connectivity index (χ2n) is 11.9. The lowest BCUT2D eigenvalue weighted by Crippen LogP contribution is -2.63. The first-order chi connectivity index (χ1) is 16.4. The zero-order valence-electron chi connectivity index (χ0n) is 21.7. The van der Waals surface area contributed by atoms with E-state index in [-0.39, 0.29) is 41.3 Å². The van der Waals surface area contributed by atoms with Gasteiger partial charge < -0.3 is 14.6 Å². The maximum Gasteiger partial charge on any atom is 0.306 e. The van der Waals surface area contributed by atoms with E-state index in [1.807, 2.05) is 19.9 Å². The summed E-state index contributed by atoms with van der Waals surface area (Å²) in [4.78, 5) is 50.1. The monoisotopic (exact) mass is 488 g/mol. The second-order valence-corrected chi connectivity index (χ2v) is 11.9. The number of ether oxygens (including phenoxy) is 2. The predicted octanol–water partition coefficient (Wildman–Crippen LogP) is 3.95. The third kappa shape index (κ3) is 3.98. The van der Waals surface area contributed by atoms with Crippen LogP contribution in [0.3, 0.4) is 0 Å². The van der Waals surface area contributed by atoms with Gasteiger partial charge >= 0.3 is 11.9 Å². The molecule has 194 valence electrons. The van der Waals surface area contributed by atoms with Crippen LogP contribution in [0.4, 0.5) is 0 Å². The minimum Gasteiger partial charge on any atom is -0.458 e. The molecule has 0 amide bonds. The topological polar surface area (TPSA) is 107 Å². The Hall–Kier alpha value is -2.02. The van der Waals surface area contributed by atoms with E-state index in [2.05, 4.69) is 13.8 Å². The first-order valence-electron chi connectivity index (χ1n) is 13.2. The molecule has 35 heavy (non-hydrogen) atoms. The highest BCUT2D eigenvalue weighted by atomic mass is 16.6. The summed E-state index contributed by atoms with van der Waals surface area (Å²) in [6.07, 6.45) is 5.37.